The standard InChI is InChI=1S/C21H17ClN2O6S4/c22-14-6-8-17-16(9-14)23(11-33(25,26)27)19(31-17)10-20-24(12-34(28,29)30)21-15-4-2-1-3-13(15)5-7-18(21)32-20/h1-10,20H,11-12H2,(H,25,26,27)(H,28,29,30). The van der Waals surface area contributed by atoms with E-state index in [1.54, 1.807) is 29.2 Å². The summed E-state index contributed by atoms with van der Waals surface area (Å²) in [4.78, 5) is 4.57. The summed E-state index contributed by atoms with van der Waals surface area (Å²) in [5.74, 6) is -1.33. The summed E-state index contributed by atoms with van der Waals surface area (Å²) in [5.41, 5.74) is 1.20. The number of fused-ring (bicyclic) bond motifs is 4. The van der Waals surface area contributed by atoms with Crippen LogP contribution in [0.2, 0.25) is 5.02 Å². The van der Waals surface area contributed by atoms with Crippen molar-refractivity contribution in [3.63, 3.8) is 0 Å². The van der Waals surface area contributed by atoms with Gasteiger partial charge in [0.25, 0.3) is 20.2 Å². The van der Waals surface area contributed by atoms with Gasteiger partial charge in [0, 0.05) is 20.2 Å². The first kappa shape index (κ1) is 23.8. The molecule has 3 aromatic rings. The third-order valence-electron chi connectivity index (χ3n) is 5.28. The van der Waals surface area contributed by atoms with Gasteiger partial charge >= 0.3 is 0 Å². The zero-order valence-corrected chi connectivity index (χ0v) is 21.2. The van der Waals surface area contributed by atoms with Crippen molar-refractivity contribution in [2.75, 3.05) is 21.6 Å². The Kier molecular flexibility index (Phi) is 6.04. The molecule has 2 heterocycles. The van der Waals surface area contributed by atoms with Gasteiger partial charge < -0.3 is 9.80 Å². The fraction of sp³-hybridized carbons (Fsp3) is 0.143. The van der Waals surface area contributed by atoms with Crippen molar-refractivity contribution in [1.29, 1.82) is 0 Å². The Hall–Kier alpha value is -1.93. The quantitative estimate of drug-likeness (QED) is 0.421. The van der Waals surface area contributed by atoms with Gasteiger partial charge in [0.15, 0.2) is 5.88 Å². The molecular formula is C21H17ClN2O6S4. The van der Waals surface area contributed by atoms with E-state index < -0.39 is 37.4 Å². The summed E-state index contributed by atoms with van der Waals surface area (Å²) >= 11 is 8.78. The van der Waals surface area contributed by atoms with Crippen LogP contribution in [0.5, 0.6) is 0 Å². The Morgan fingerprint density at radius 2 is 1.65 bits per heavy atom. The van der Waals surface area contributed by atoms with Crippen LogP contribution >= 0.6 is 35.1 Å². The van der Waals surface area contributed by atoms with Gasteiger partial charge in [0.05, 0.1) is 16.4 Å². The van der Waals surface area contributed by atoms with E-state index in [0.29, 0.717) is 21.4 Å². The van der Waals surface area contributed by atoms with Crippen LogP contribution in [-0.2, 0) is 20.2 Å². The summed E-state index contributed by atoms with van der Waals surface area (Å²) in [6, 6.07) is 16.4. The Morgan fingerprint density at radius 3 is 2.38 bits per heavy atom. The SMILES string of the molecule is O=S(=O)(O)CN1C(=CC2Sc3ccc4ccccc4c3N2CS(=O)(=O)O)Sc2ccc(Cl)cc21. The zero-order chi connectivity index (χ0) is 24.3. The van der Waals surface area contributed by atoms with Crippen LogP contribution in [0.15, 0.2) is 75.5 Å². The molecule has 178 valence electrons. The summed E-state index contributed by atoms with van der Waals surface area (Å²) in [6.45, 7) is 0. The molecule has 0 aromatic heterocycles. The molecule has 13 heteroatoms. The number of nitrogens with zero attached hydrogens (tertiary/aromatic N) is 2. The largest absolute Gasteiger partial charge is 0.338 e. The Balaban J connectivity index is 1.61. The average molecular weight is 557 g/mol. The minimum absolute atomic E-state index is 0.406. The highest BCUT2D eigenvalue weighted by atomic mass is 35.5. The smallest absolute Gasteiger partial charge is 0.283 e. The van der Waals surface area contributed by atoms with Gasteiger partial charge in [-0.05, 0) is 35.7 Å². The Bertz CT molecular complexity index is 1560. The first-order valence-electron chi connectivity index (χ1n) is 9.81. The molecule has 0 radical (unpaired) electrons. The van der Waals surface area contributed by atoms with E-state index in [1.165, 1.54) is 28.4 Å². The second-order valence-corrected chi connectivity index (χ2v) is 13.2. The van der Waals surface area contributed by atoms with Crippen molar-refractivity contribution in [1.82, 2.24) is 0 Å². The molecule has 5 rings (SSSR count). The van der Waals surface area contributed by atoms with Crippen LogP contribution in [0.25, 0.3) is 10.8 Å². The third-order valence-corrected chi connectivity index (χ3v) is 9.05. The second-order valence-electron chi connectivity index (χ2n) is 7.68. The van der Waals surface area contributed by atoms with Crippen LogP contribution in [0.1, 0.15) is 0 Å². The molecule has 0 bridgehead atoms. The van der Waals surface area contributed by atoms with E-state index in [0.717, 1.165) is 20.6 Å². The van der Waals surface area contributed by atoms with Crippen molar-refractivity contribution in [2.24, 2.45) is 0 Å². The molecule has 3 aromatic carbocycles. The molecule has 0 spiro atoms. The minimum atomic E-state index is -4.38. The van der Waals surface area contributed by atoms with Gasteiger partial charge in [-0.3, -0.25) is 9.11 Å². The van der Waals surface area contributed by atoms with Crippen LogP contribution < -0.4 is 9.80 Å². The van der Waals surface area contributed by atoms with Crippen LogP contribution in [0, 0.1) is 0 Å². The molecule has 8 nitrogen and oxygen atoms in total. The number of hydrogen-bond donors (Lipinski definition) is 2. The number of rotatable bonds is 5. The van der Waals surface area contributed by atoms with Gasteiger partial charge in [-0.2, -0.15) is 16.8 Å². The van der Waals surface area contributed by atoms with Crippen molar-refractivity contribution >= 4 is 77.5 Å². The molecule has 2 aliphatic heterocycles. The lowest BCUT2D eigenvalue weighted by molar-refractivity contribution is 0.480. The van der Waals surface area contributed by atoms with Crippen LogP contribution in [0.3, 0.4) is 0 Å². The number of anilines is 2. The average Bonchev–Trinajstić information content (AvgIpc) is 3.24. The van der Waals surface area contributed by atoms with Crippen molar-refractivity contribution in [3.8, 4) is 0 Å². The molecule has 2 N–H and O–H groups in total. The first-order valence-corrected chi connectivity index (χ1v) is 15.1. The predicted octanol–water partition coefficient (Wildman–Crippen LogP) is 4.88. The fourth-order valence-corrected chi connectivity index (χ4v) is 8.03. The highest BCUT2D eigenvalue weighted by Gasteiger charge is 2.36. The lowest BCUT2D eigenvalue weighted by Crippen LogP contribution is -2.34. The van der Waals surface area contributed by atoms with Gasteiger partial charge in [0.2, 0.25) is 0 Å². The van der Waals surface area contributed by atoms with Gasteiger partial charge in [0.1, 0.15) is 11.3 Å². The predicted molar refractivity (Wildman–Crippen MR) is 137 cm³/mol. The summed E-state index contributed by atoms with van der Waals surface area (Å²) in [5, 5.41) is 2.08. The molecule has 0 saturated carbocycles. The van der Waals surface area contributed by atoms with E-state index in [4.69, 9.17) is 11.6 Å². The van der Waals surface area contributed by atoms with E-state index in [1.807, 2.05) is 36.4 Å². The summed E-state index contributed by atoms with van der Waals surface area (Å²) in [6.07, 6.45) is 1.73. The normalized spacial score (nSPS) is 19.1. The molecule has 0 saturated heterocycles. The molecule has 1 atom stereocenters. The van der Waals surface area contributed by atoms with Crippen molar-refractivity contribution in [3.05, 3.63) is 70.7 Å². The fourth-order valence-electron chi connectivity index (χ4n) is 4.00. The maximum absolute atomic E-state index is 11.9. The summed E-state index contributed by atoms with van der Waals surface area (Å²) < 4.78 is 66.6. The lowest BCUT2D eigenvalue weighted by atomic mass is 10.1. The Morgan fingerprint density at radius 1 is 0.941 bits per heavy atom. The minimum Gasteiger partial charge on any atom is -0.338 e. The maximum Gasteiger partial charge on any atom is 0.283 e. The number of halogens is 1. The molecule has 1 unspecified atom stereocenters. The topological polar surface area (TPSA) is 115 Å². The number of thioether (sulfide) groups is 2. The molecule has 2 aliphatic rings. The monoisotopic (exact) mass is 556 g/mol. The zero-order valence-electron chi connectivity index (χ0n) is 17.2. The van der Waals surface area contributed by atoms with Crippen molar-refractivity contribution in [2.45, 2.75) is 15.2 Å². The molecule has 34 heavy (non-hydrogen) atoms. The number of hydrogen-bond acceptors (Lipinski definition) is 8. The molecular weight excluding hydrogens is 540 g/mol. The highest BCUT2D eigenvalue weighted by Crippen LogP contribution is 2.51. The molecule has 0 fully saturated rings. The second kappa shape index (κ2) is 8.63. The van der Waals surface area contributed by atoms with E-state index in [9.17, 15) is 25.9 Å². The van der Waals surface area contributed by atoms with Crippen LogP contribution in [0.4, 0.5) is 11.4 Å². The van der Waals surface area contributed by atoms with Gasteiger partial charge in [-0.1, -0.05) is 65.5 Å². The first-order chi connectivity index (χ1) is 16.0. The van der Waals surface area contributed by atoms with E-state index in [-0.39, 0.29) is 0 Å². The van der Waals surface area contributed by atoms with Crippen molar-refractivity contribution < 1.29 is 25.9 Å². The van der Waals surface area contributed by atoms with Gasteiger partial charge in [-0.15, -0.1) is 0 Å². The Labute approximate surface area is 210 Å². The molecule has 0 amide bonds. The molecule has 0 aliphatic carbocycles. The maximum atomic E-state index is 11.9. The third kappa shape index (κ3) is 4.76. The lowest BCUT2D eigenvalue weighted by Gasteiger charge is -2.26. The van der Waals surface area contributed by atoms with Crippen LogP contribution in [-0.4, -0.2) is 43.1 Å². The van der Waals surface area contributed by atoms with E-state index in [2.05, 4.69) is 0 Å². The summed E-state index contributed by atoms with van der Waals surface area (Å²) in [7, 11) is -8.76. The van der Waals surface area contributed by atoms with Gasteiger partial charge in [-0.25, -0.2) is 0 Å². The number of benzene rings is 3. The van der Waals surface area contributed by atoms with E-state index >= 15 is 0 Å². The highest BCUT2D eigenvalue weighted by molar-refractivity contribution is 8.04.